The van der Waals surface area contributed by atoms with Gasteiger partial charge in [0.05, 0.1) is 4.92 Å². The highest BCUT2D eigenvalue weighted by molar-refractivity contribution is 6.31. The number of non-ortho nitro benzene ring substituents is 1. The second kappa shape index (κ2) is 7.69. The molecule has 0 aliphatic heterocycles. The van der Waals surface area contributed by atoms with Crippen LogP contribution >= 0.6 is 0 Å². The first-order valence-electron chi connectivity index (χ1n) is 6.81. The van der Waals surface area contributed by atoms with E-state index in [-0.39, 0.29) is 12.3 Å². The molecule has 0 aromatic heterocycles. The van der Waals surface area contributed by atoms with E-state index in [4.69, 9.17) is 4.84 Å². The fourth-order valence-corrected chi connectivity index (χ4v) is 1.84. The van der Waals surface area contributed by atoms with Crippen molar-refractivity contribution in [2.75, 3.05) is 5.32 Å². The van der Waals surface area contributed by atoms with Gasteiger partial charge in [-0.1, -0.05) is 35.5 Å². The van der Waals surface area contributed by atoms with Crippen LogP contribution in [0.25, 0.3) is 0 Å². The highest BCUT2D eigenvalue weighted by Gasteiger charge is 2.07. The number of benzene rings is 2. The zero-order valence-electron chi connectivity index (χ0n) is 12.4. The lowest BCUT2D eigenvalue weighted by atomic mass is 10.1. The van der Waals surface area contributed by atoms with Crippen LogP contribution in [0.5, 0.6) is 0 Å². The van der Waals surface area contributed by atoms with E-state index < -0.39 is 10.8 Å². The number of oxime groups is 1. The molecule has 1 N–H and O–H groups in total. The van der Waals surface area contributed by atoms with Gasteiger partial charge >= 0.3 is 0 Å². The maximum Gasteiger partial charge on any atom is 0.271 e. The molecular weight excluding hydrogens is 298 g/mol. The zero-order chi connectivity index (χ0) is 16.7. The van der Waals surface area contributed by atoms with Crippen molar-refractivity contribution in [3.63, 3.8) is 0 Å². The fraction of sp³-hybridized carbons (Fsp3) is 0.125. The molecular formula is C16H15N3O4. The fourth-order valence-electron chi connectivity index (χ4n) is 1.84. The number of anilines is 1. The monoisotopic (exact) mass is 313 g/mol. The first-order valence-corrected chi connectivity index (χ1v) is 6.81. The smallest absolute Gasteiger partial charge is 0.271 e. The number of rotatable bonds is 6. The summed E-state index contributed by atoms with van der Waals surface area (Å²) in [6.45, 7) is 2.21. The number of nitro benzene ring substituents is 1. The lowest BCUT2D eigenvalue weighted by Crippen LogP contribution is -2.12. The second-order valence-corrected chi connectivity index (χ2v) is 4.73. The average Bonchev–Trinajstić information content (AvgIpc) is 2.53. The zero-order valence-corrected chi connectivity index (χ0v) is 12.4. The SMILES string of the molecule is Cc1ccccc1CO/N=C\C(=O)Nc1cccc([N+](=O)[O-])c1. The van der Waals surface area contributed by atoms with Gasteiger partial charge in [-0.15, -0.1) is 0 Å². The number of amides is 1. The van der Waals surface area contributed by atoms with Crippen LogP contribution in [0.2, 0.25) is 0 Å². The standard InChI is InChI=1S/C16H15N3O4/c1-12-5-2-3-6-13(12)11-23-17-10-16(20)18-14-7-4-8-15(9-14)19(21)22/h2-10H,11H2,1H3,(H,18,20)/b17-10-. The van der Waals surface area contributed by atoms with Crippen molar-refractivity contribution >= 4 is 23.5 Å². The molecule has 0 fully saturated rings. The summed E-state index contributed by atoms with van der Waals surface area (Å²) in [5.41, 5.74) is 2.26. The van der Waals surface area contributed by atoms with Gasteiger partial charge in [0.1, 0.15) is 12.8 Å². The molecule has 0 unspecified atom stereocenters. The van der Waals surface area contributed by atoms with Crippen LogP contribution in [0.1, 0.15) is 11.1 Å². The van der Waals surface area contributed by atoms with E-state index in [1.54, 1.807) is 6.07 Å². The van der Waals surface area contributed by atoms with Gasteiger partial charge in [0, 0.05) is 17.8 Å². The molecule has 1 amide bonds. The predicted molar refractivity (Wildman–Crippen MR) is 86.2 cm³/mol. The van der Waals surface area contributed by atoms with E-state index in [0.29, 0.717) is 5.69 Å². The van der Waals surface area contributed by atoms with Gasteiger partial charge < -0.3 is 10.2 Å². The topological polar surface area (TPSA) is 93.8 Å². The molecule has 0 aliphatic carbocycles. The molecule has 0 spiro atoms. The van der Waals surface area contributed by atoms with Crippen LogP contribution in [-0.4, -0.2) is 17.0 Å². The maximum absolute atomic E-state index is 11.7. The van der Waals surface area contributed by atoms with Gasteiger partial charge in [0.2, 0.25) is 0 Å². The average molecular weight is 313 g/mol. The number of nitrogens with zero attached hydrogens (tertiary/aromatic N) is 2. The van der Waals surface area contributed by atoms with Gasteiger partial charge in [-0.25, -0.2) is 0 Å². The largest absolute Gasteiger partial charge is 0.391 e. The lowest BCUT2D eigenvalue weighted by molar-refractivity contribution is -0.384. The van der Waals surface area contributed by atoms with Crippen molar-refractivity contribution in [1.29, 1.82) is 0 Å². The van der Waals surface area contributed by atoms with E-state index in [0.717, 1.165) is 17.3 Å². The van der Waals surface area contributed by atoms with Crippen LogP contribution < -0.4 is 5.32 Å². The molecule has 7 nitrogen and oxygen atoms in total. The number of nitro groups is 1. The van der Waals surface area contributed by atoms with Crippen molar-refractivity contribution in [2.45, 2.75) is 13.5 Å². The van der Waals surface area contributed by atoms with Crippen LogP contribution in [0.4, 0.5) is 11.4 Å². The van der Waals surface area contributed by atoms with E-state index in [9.17, 15) is 14.9 Å². The minimum Gasteiger partial charge on any atom is -0.391 e. The molecule has 0 radical (unpaired) electrons. The lowest BCUT2D eigenvalue weighted by Gasteiger charge is -2.03. The number of hydrogen-bond donors (Lipinski definition) is 1. The minimum atomic E-state index is -0.533. The molecule has 0 atom stereocenters. The van der Waals surface area contributed by atoms with Crippen LogP contribution in [0.15, 0.2) is 53.7 Å². The molecule has 0 saturated carbocycles. The molecule has 23 heavy (non-hydrogen) atoms. The summed E-state index contributed by atoms with van der Waals surface area (Å²) < 4.78 is 0. The van der Waals surface area contributed by atoms with Gasteiger partial charge in [0.25, 0.3) is 11.6 Å². The summed E-state index contributed by atoms with van der Waals surface area (Å²) in [5, 5.41) is 16.7. The van der Waals surface area contributed by atoms with Crippen LogP contribution in [-0.2, 0) is 16.2 Å². The first-order chi connectivity index (χ1) is 11.1. The summed E-state index contributed by atoms with van der Waals surface area (Å²) in [6, 6.07) is 13.3. The van der Waals surface area contributed by atoms with Gasteiger partial charge in [-0.3, -0.25) is 14.9 Å². The predicted octanol–water partition coefficient (Wildman–Crippen LogP) is 3.04. The molecule has 0 heterocycles. The molecule has 7 heteroatoms. The third kappa shape index (κ3) is 4.92. The Kier molecular flexibility index (Phi) is 5.40. The third-order valence-corrected chi connectivity index (χ3v) is 3.05. The van der Waals surface area contributed by atoms with Gasteiger partial charge in [-0.05, 0) is 24.1 Å². The van der Waals surface area contributed by atoms with E-state index in [2.05, 4.69) is 10.5 Å². The Labute approximate surface area is 132 Å². The van der Waals surface area contributed by atoms with Crippen LogP contribution in [0, 0.1) is 17.0 Å². The normalized spacial score (nSPS) is 10.5. The Morgan fingerprint density at radius 3 is 2.83 bits per heavy atom. The van der Waals surface area contributed by atoms with E-state index >= 15 is 0 Å². The first kappa shape index (κ1) is 16.2. The Balaban J connectivity index is 1.86. The van der Waals surface area contributed by atoms with Gasteiger partial charge in [-0.2, -0.15) is 0 Å². The summed E-state index contributed by atoms with van der Waals surface area (Å²) >= 11 is 0. The minimum absolute atomic E-state index is 0.101. The summed E-state index contributed by atoms with van der Waals surface area (Å²) in [7, 11) is 0. The van der Waals surface area contributed by atoms with E-state index in [1.165, 1.54) is 18.2 Å². The van der Waals surface area contributed by atoms with Gasteiger partial charge in [0.15, 0.2) is 0 Å². The molecule has 2 aromatic rings. The molecule has 0 bridgehead atoms. The Hall–Kier alpha value is -3.22. The van der Waals surface area contributed by atoms with Crippen molar-refractivity contribution in [3.05, 3.63) is 69.8 Å². The number of carbonyl (C=O) groups is 1. The quantitative estimate of drug-likeness (QED) is 0.504. The Morgan fingerprint density at radius 1 is 1.30 bits per heavy atom. The van der Waals surface area contributed by atoms with Crippen molar-refractivity contribution in [3.8, 4) is 0 Å². The Bertz CT molecular complexity index is 744. The highest BCUT2D eigenvalue weighted by Crippen LogP contribution is 2.16. The van der Waals surface area contributed by atoms with Crippen LogP contribution in [0.3, 0.4) is 0 Å². The molecule has 118 valence electrons. The maximum atomic E-state index is 11.7. The highest BCUT2D eigenvalue weighted by atomic mass is 16.6. The Morgan fingerprint density at radius 2 is 2.09 bits per heavy atom. The summed E-state index contributed by atoms with van der Waals surface area (Å²) in [5.74, 6) is -0.532. The number of nitrogens with one attached hydrogen (secondary N) is 1. The second-order valence-electron chi connectivity index (χ2n) is 4.73. The third-order valence-electron chi connectivity index (χ3n) is 3.05. The van der Waals surface area contributed by atoms with E-state index in [1.807, 2.05) is 31.2 Å². The molecule has 2 rings (SSSR count). The number of carbonyl (C=O) groups excluding carboxylic acids is 1. The summed E-state index contributed by atoms with van der Waals surface area (Å²) in [6.07, 6.45) is 0.983. The van der Waals surface area contributed by atoms with Crippen molar-refractivity contribution in [1.82, 2.24) is 0 Å². The summed E-state index contributed by atoms with van der Waals surface area (Å²) in [4.78, 5) is 26.9. The van der Waals surface area contributed by atoms with Crippen molar-refractivity contribution in [2.24, 2.45) is 5.16 Å². The number of aryl methyl sites for hydroxylation is 1. The molecule has 0 aliphatic rings. The molecule has 2 aromatic carbocycles. The number of hydrogen-bond acceptors (Lipinski definition) is 5. The van der Waals surface area contributed by atoms with Crippen molar-refractivity contribution < 1.29 is 14.6 Å². The molecule has 0 saturated heterocycles.